The van der Waals surface area contributed by atoms with Crippen LogP contribution >= 0.6 is 0 Å². The van der Waals surface area contributed by atoms with Crippen LogP contribution in [0.3, 0.4) is 0 Å². The van der Waals surface area contributed by atoms with Crippen LogP contribution in [0.4, 0.5) is 4.39 Å². The average molecular weight is 182 g/mol. The quantitative estimate of drug-likeness (QED) is 0.583. The molecule has 0 aromatic carbocycles. The standard InChI is InChI=1S/C12H19F/c13-7-9-5-8-6-12(9)11-4-2-1-3-10(8)11/h8-12H,1-7H2. The molecular weight excluding hydrogens is 163 g/mol. The molecule has 0 nitrogen and oxygen atoms in total. The van der Waals surface area contributed by atoms with Crippen LogP contribution in [0, 0.1) is 29.6 Å². The minimum atomic E-state index is -0.0373. The average Bonchev–Trinajstić information content (AvgIpc) is 2.75. The van der Waals surface area contributed by atoms with Crippen molar-refractivity contribution in [2.24, 2.45) is 29.6 Å². The van der Waals surface area contributed by atoms with E-state index in [4.69, 9.17) is 0 Å². The lowest BCUT2D eigenvalue weighted by Gasteiger charge is -2.38. The summed E-state index contributed by atoms with van der Waals surface area (Å²) in [5, 5.41) is 0. The fourth-order valence-corrected chi connectivity index (χ4v) is 4.56. The van der Waals surface area contributed by atoms with E-state index < -0.39 is 0 Å². The molecule has 0 aromatic rings. The molecule has 74 valence electrons. The van der Waals surface area contributed by atoms with Gasteiger partial charge in [0.25, 0.3) is 0 Å². The van der Waals surface area contributed by atoms with Crippen molar-refractivity contribution in [1.29, 1.82) is 0 Å². The summed E-state index contributed by atoms with van der Waals surface area (Å²) in [6.07, 6.45) is 8.35. The van der Waals surface area contributed by atoms with Gasteiger partial charge in [0.15, 0.2) is 0 Å². The Balaban J connectivity index is 1.79. The summed E-state index contributed by atoms with van der Waals surface area (Å²) in [7, 11) is 0. The first-order chi connectivity index (χ1) is 6.40. The molecule has 3 fully saturated rings. The Morgan fingerprint density at radius 1 is 0.923 bits per heavy atom. The van der Waals surface area contributed by atoms with Crippen molar-refractivity contribution in [2.75, 3.05) is 6.67 Å². The summed E-state index contributed by atoms with van der Waals surface area (Å²) in [6, 6.07) is 0. The summed E-state index contributed by atoms with van der Waals surface area (Å²) in [6.45, 7) is -0.0373. The number of rotatable bonds is 1. The third-order valence-corrected chi connectivity index (χ3v) is 5.01. The van der Waals surface area contributed by atoms with Gasteiger partial charge >= 0.3 is 0 Å². The minimum Gasteiger partial charge on any atom is -0.251 e. The maximum absolute atomic E-state index is 12.7. The second-order valence-electron chi connectivity index (χ2n) is 5.42. The first kappa shape index (κ1) is 8.26. The zero-order valence-electron chi connectivity index (χ0n) is 8.21. The molecule has 13 heavy (non-hydrogen) atoms. The van der Waals surface area contributed by atoms with Gasteiger partial charge in [-0.25, -0.2) is 0 Å². The van der Waals surface area contributed by atoms with Crippen molar-refractivity contribution >= 4 is 0 Å². The van der Waals surface area contributed by atoms with Gasteiger partial charge in [0.1, 0.15) is 0 Å². The van der Waals surface area contributed by atoms with Crippen LogP contribution < -0.4 is 0 Å². The van der Waals surface area contributed by atoms with E-state index in [0.29, 0.717) is 5.92 Å². The lowest BCUT2D eigenvalue weighted by Crippen LogP contribution is -2.31. The van der Waals surface area contributed by atoms with E-state index in [9.17, 15) is 4.39 Å². The molecule has 0 heterocycles. The zero-order valence-corrected chi connectivity index (χ0v) is 8.21. The number of hydrogen-bond donors (Lipinski definition) is 0. The number of hydrogen-bond acceptors (Lipinski definition) is 0. The maximum Gasteiger partial charge on any atom is 0.0925 e. The van der Waals surface area contributed by atoms with E-state index in [0.717, 1.165) is 23.7 Å². The van der Waals surface area contributed by atoms with Crippen LogP contribution in [-0.4, -0.2) is 6.67 Å². The molecule has 0 spiro atoms. The summed E-state index contributed by atoms with van der Waals surface area (Å²) in [4.78, 5) is 0. The zero-order chi connectivity index (χ0) is 8.84. The number of halogens is 1. The van der Waals surface area contributed by atoms with Gasteiger partial charge in [-0.2, -0.15) is 0 Å². The van der Waals surface area contributed by atoms with Crippen LogP contribution in [0.1, 0.15) is 38.5 Å². The van der Waals surface area contributed by atoms with E-state index in [2.05, 4.69) is 0 Å². The fraction of sp³-hybridized carbons (Fsp3) is 1.00. The van der Waals surface area contributed by atoms with Gasteiger partial charge in [0.2, 0.25) is 0 Å². The number of alkyl halides is 1. The van der Waals surface area contributed by atoms with Gasteiger partial charge in [-0.15, -0.1) is 0 Å². The summed E-state index contributed by atoms with van der Waals surface area (Å²) < 4.78 is 12.7. The molecular formula is C12H19F. The van der Waals surface area contributed by atoms with Crippen LogP contribution in [-0.2, 0) is 0 Å². The highest BCUT2D eigenvalue weighted by atomic mass is 19.1. The molecule has 2 bridgehead atoms. The van der Waals surface area contributed by atoms with E-state index in [1.54, 1.807) is 0 Å². The van der Waals surface area contributed by atoms with E-state index in [-0.39, 0.29) is 6.67 Å². The molecule has 0 saturated heterocycles. The monoisotopic (exact) mass is 182 g/mol. The summed E-state index contributed by atoms with van der Waals surface area (Å²) in [5.41, 5.74) is 0. The lowest BCUT2D eigenvalue weighted by molar-refractivity contribution is 0.101. The SMILES string of the molecule is FCC1CC2CC1C1CCCCC21. The van der Waals surface area contributed by atoms with Crippen molar-refractivity contribution in [1.82, 2.24) is 0 Å². The largest absolute Gasteiger partial charge is 0.251 e. The fourth-order valence-electron chi connectivity index (χ4n) is 4.56. The van der Waals surface area contributed by atoms with Crippen LogP contribution in [0.25, 0.3) is 0 Å². The van der Waals surface area contributed by atoms with Crippen molar-refractivity contribution < 1.29 is 4.39 Å². The molecule has 5 unspecified atom stereocenters. The second-order valence-corrected chi connectivity index (χ2v) is 5.42. The van der Waals surface area contributed by atoms with Crippen molar-refractivity contribution in [3.63, 3.8) is 0 Å². The lowest BCUT2D eigenvalue weighted by atomic mass is 9.68. The Kier molecular flexibility index (Phi) is 1.88. The van der Waals surface area contributed by atoms with Gasteiger partial charge in [-0.3, -0.25) is 4.39 Å². The highest BCUT2D eigenvalue weighted by molar-refractivity contribution is 5.01. The topological polar surface area (TPSA) is 0 Å². The highest BCUT2D eigenvalue weighted by Crippen LogP contribution is 2.59. The molecule has 0 aromatic heterocycles. The molecule has 0 radical (unpaired) electrons. The molecule has 3 aliphatic carbocycles. The van der Waals surface area contributed by atoms with Crippen LogP contribution in [0.2, 0.25) is 0 Å². The number of fused-ring (bicyclic) bond motifs is 5. The Morgan fingerprint density at radius 3 is 2.46 bits per heavy atom. The van der Waals surface area contributed by atoms with Crippen LogP contribution in [0.15, 0.2) is 0 Å². The molecule has 0 amide bonds. The summed E-state index contributed by atoms with van der Waals surface area (Å²) >= 11 is 0. The molecule has 0 aliphatic heterocycles. The second kappa shape index (κ2) is 2.96. The first-order valence-electron chi connectivity index (χ1n) is 5.96. The molecule has 3 rings (SSSR count). The van der Waals surface area contributed by atoms with E-state index in [1.165, 1.54) is 38.5 Å². The molecule has 3 aliphatic rings. The summed E-state index contributed by atoms with van der Waals surface area (Å²) in [5.74, 6) is 4.13. The van der Waals surface area contributed by atoms with Crippen molar-refractivity contribution in [2.45, 2.75) is 38.5 Å². The predicted octanol–water partition coefficient (Wildman–Crippen LogP) is 3.42. The Bertz CT molecular complexity index is 201. The maximum atomic E-state index is 12.7. The van der Waals surface area contributed by atoms with Crippen molar-refractivity contribution in [3.05, 3.63) is 0 Å². The normalized spacial score (nSPS) is 53.8. The molecule has 1 heteroatoms. The molecule has 0 N–H and O–H groups in total. The van der Waals surface area contributed by atoms with Gasteiger partial charge < -0.3 is 0 Å². The predicted molar refractivity (Wildman–Crippen MR) is 51.1 cm³/mol. The van der Waals surface area contributed by atoms with E-state index >= 15 is 0 Å². The Morgan fingerprint density at radius 2 is 1.69 bits per heavy atom. The van der Waals surface area contributed by atoms with Gasteiger partial charge in [-0.05, 0) is 55.3 Å². The van der Waals surface area contributed by atoms with Crippen LogP contribution in [0.5, 0.6) is 0 Å². The van der Waals surface area contributed by atoms with E-state index in [1.807, 2.05) is 0 Å². The first-order valence-corrected chi connectivity index (χ1v) is 5.96. The third kappa shape index (κ3) is 1.08. The van der Waals surface area contributed by atoms with Gasteiger partial charge in [0.05, 0.1) is 6.67 Å². The van der Waals surface area contributed by atoms with Gasteiger partial charge in [0, 0.05) is 0 Å². The minimum absolute atomic E-state index is 0.0373. The molecule has 5 atom stereocenters. The highest BCUT2D eigenvalue weighted by Gasteiger charge is 2.52. The Labute approximate surface area is 79.9 Å². The Hall–Kier alpha value is -0.0700. The molecule has 3 saturated carbocycles. The van der Waals surface area contributed by atoms with Gasteiger partial charge in [-0.1, -0.05) is 12.8 Å². The van der Waals surface area contributed by atoms with Crippen molar-refractivity contribution in [3.8, 4) is 0 Å². The smallest absolute Gasteiger partial charge is 0.0925 e. The third-order valence-electron chi connectivity index (χ3n) is 5.01.